The van der Waals surface area contributed by atoms with E-state index in [0.29, 0.717) is 16.7 Å². The number of ether oxygens (including phenoxy) is 1. The lowest BCUT2D eigenvalue weighted by Crippen LogP contribution is -2.06. The van der Waals surface area contributed by atoms with E-state index < -0.39 is 4.92 Å². The van der Waals surface area contributed by atoms with Crippen molar-refractivity contribution < 1.29 is 9.66 Å². The first kappa shape index (κ1) is 15.0. The number of hydrogen-bond donors (Lipinski definition) is 1. The minimum atomic E-state index is -0.526. The van der Waals surface area contributed by atoms with E-state index in [2.05, 4.69) is 15.3 Å². The summed E-state index contributed by atoms with van der Waals surface area (Å²) in [5, 5.41) is 14.2. The highest BCUT2D eigenvalue weighted by molar-refractivity contribution is 6.30. The minimum absolute atomic E-state index is 0.0115. The summed E-state index contributed by atoms with van der Waals surface area (Å²) in [5.74, 6) is 1.17. The molecule has 0 saturated heterocycles. The van der Waals surface area contributed by atoms with Crippen LogP contribution in [0.15, 0.2) is 24.3 Å². The third kappa shape index (κ3) is 3.79. The molecule has 2 aromatic rings. The van der Waals surface area contributed by atoms with E-state index in [1.807, 2.05) is 6.92 Å². The first-order valence-corrected chi connectivity index (χ1v) is 6.46. The fraction of sp³-hybridized carbons (Fsp3) is 0.231. The Morgan fingerprint density at radius 1 is 1.38 bits per heavy atom. The van der Waals surface area contributed by atoms with Crippen molar-refractivity contribution in [1.82, 2.24) is 9.97 Å². The standard InChI is InChI=1S/C13H13ClN4O3/c1-8-5-12(15-2)17-13(16-8)7-21-11-6-9(14)3-4-10(11)18(19)20/h3-6H,7H2,1-2H3,(H,15,16,17). The molecule has 0 aliphatic carbocycles. The Hall–Kier alpha value is -2.41. The second-order valence-corrected chi connectivity index (χ2v) is 4.66. The maximum absolute atomic E-state index is 10.9. The van der Waals surface area contributed by atoms with Gasteiger partial charge >= 0.3 is 5.69 Å². The van der Waals surface area contributed by atoms with Crippen LogP contribution in [0.3, 0.4) is 0 Å². The molecule has 0 radical (unpaired) electrons. The van der Waals surface area contributed by atoms with Gasteiger partial charge in [0.15, 0.2) is 11.6 Å². The molecule has 1 heterocycles. The van der Waals surface area contributed by atoms with Gasteiger partial charge in [-0.05, 0) is 13.0 Å². The second-order valence-electron chi connectivity index (χ2n) is 4.22. The lowest BCUT2D eigenvalue weighted by Gasteiger charge is -2.08. The molecule has 0 spiro atoms. The van der Waals surface area contributed by atoms with Crippen molar-refractivity contribution in [3.05, 3.63) is 50.9 Å². The first-order chi connectivity index (χ1) is 9.99. The Bertz CT molecular complexity index is 678. The van der Waals surface area contributed by atoms with Gasteiger partial charge in [-0.3, -0.25) is 10.1 Å². The van der Waals surface area contributed by atoms with Crippen LogP contribution in [0.2, 0.25) is 5.02 Å². The molecule has 8 heteroatoms. The molecule has 0 aliphatic heterocycles. The minimum Gasteiger partial charge on any atom is -0.479 e. The normalized spacial score (nSPS) is 10.2. The summed E-state index contributed by atoms with van der Waals surface area (Å²) >= 11 is 5.83. The third-order valence-electron chi connectivity index (χ3n) is 2.63. The van der Waals surface area contributed by atoms with Gasteiger partial charge < -0.3 is 10.1 Å². The van der Waals surface area contributed by atoms with Gasteiger partial charge in [0.1, 0.15) is 12.4 Å². The topological polar surface area (TPSA) is 90.2 Å². The number of nitrogens with zero attached hydrogens (tertiary/aromatic N) is 3. The molecule has 7 nitrogen and oxygen atoms in total. The van der Waals surface area contributed by atoms with Crippen molar-refractivity contribution in [1.29, 1.82) is 0 Å². The van der Waals surface area contributed by atoms with Crippen LogP contribution in [-0.4, -0.2) is 21.9 Å². The Morgan fingerprint density at radius 2 is 2.14 bits per heavy atom. The van der Waals surface area contributed by atoms with Crippen LogP contribution in [-0.2, 0) is 6.61 Å². The van der Waals surface area contributed by atoms with Crippen molar-refractivity contribution in [2.45, 2.75) is 13.5 Å². The molecule has 21 heavy (non-hydrogen) atoms. The largest absolute Gasteiger partial charge is 0.479 e. The van der Waals surface area contributed by atoms with E-state index in [4.69, 9.17) is 16.3 Å². The molecule has 110 valence electrons. The van der Waals surface area contributed by atoms with Gasteiger partial charge in [0.05, 0.1) is 4.92 Å². The van der Waals surface area contributed by atoms with Crippen LogP contribution in [0.4, 0.5) is 11.5 Å². The Morgan fingerprint density at radius 3 is 2.81 bits per heavy atom. The highest BCUT2D eigenvalue weighted by Crippen LogP contribution is 2.30. The molecule has 1 aromatic carbocycles. The van der Waals surface area contributed by atoms with Gasteiger partial charge in [0, 0.05) is 36.0 Å². The van der Waals surface area contributed by atoms with Gasteiger partial charge in [0.25, 0.3) is 0 Å². The molecule has 1 aromatic heterocycles. The molecule has 0 unspecified atom stereocenters. The van der Waals surface area contributed by atoms with Gasteiger partial charge in [-0.25, -0.2) is 9.97 Å². The fourth-order valence-electron chi connectivity index (χ4n) is 1.72. The predicted molar refractivity (Wildman–Crippen MR) is 78.8 cm³/mol. The zero-order chi connectivity index (χ0) is 15.4. The first-order valence-electron chi connectivity index (χ1n) is 6.08. The van der Waals surface area contributed by atoms with Gasteiger partial charge in [-0.2, -0.15) is 0 Å². The number of nitro benzene ring substituents is 1. The van der Waals surface area contributed by atoms with E-state index in [9.17, 15) is 10.1 Å². The summed E-state index contributed by atoms with van der Waals surface area (Å²) < 4.78 is 5.44. The average molecular weight is 309 g/mol. The van der Waals surface area contributed by atoms with E-state index in [1.165, 1.54) is 18.2 Å². The summed E-state index contributed by atoms with van der Waals surface area (Å²) in [6.07, 6.45) is 0. The zero-order valence-corrected chi connectivity index (χ0v) is 12.2. The molecule has 0 bridgehead atoms. The van der Waals surface area contributed by atoms with Crippen LogP contribution in [0.25, 0.3) is 0 Å². The van der Waals surface area contributed by atoms with E-state index >= 15 is 0 Å². The molecule has 0 atom stereocenters. The van der Waals surface area contributed by atoms with E-state index in [-0.39, 0.29) is 18.0 Å². The lowest BCUT2D eigenvalue weighted by molar-refractivity contribution is -0.385. The quantitative estimate of drug-likeness (QED) is 0.674. The van der Waals surface area contributed by atoms with Crippen molar-refractivity contribution in [3.8, 4) is 5.75 Å². The summed E-state index contributed by atoms with van der Waals surface area (Å²) in [7, 11) is 1.74. The molecule has 1 N–H and O–H groups in total. The number of rotatable bonds is 5. The van der Waals surface area contributed by atoms with Gasteiger partial charge in [-0.1, -0.05) is 11.6 Å². The highest BCUT2D eigenvalue weighted by atomic mass is 35.5. The maximum atomic E-state index is 10.9. The van der Waals surface area contributed by atoms with Crippen LogP contribution in [0.1, 0.15) is 11.5 Å². The number of hydrogen-bond acceptors (Lipinski definition) is 6. The number of aryl methyl sites for hydroxylation is 1. The Labute approximate surface area is 126 Å². The van der Waals surface area contributed by atoms with Crippen LogP contribution < -0.4 is 10.1 Å². The number of nitro groups is 1. The van der Waals surface area contributed by atoms with Gasteiger partial charge in [0.2, 0.25) is 0 Å². The molecular weight excluding hydrogens is 296 g/mol. The SMILES string of the molecule is CNc1cc(C)nc(COc2cc(Cl)ccc2[N+](=O)[O-])n1. The summed E-state index contributed by atoms with van der Waals surface area (Å²) in [4.78, 5) is 18.8. The number of halogens is 1. The van der Waals surface area contributed by atoms with Crippen molar-refractivity contribution in [2.75, 3.05) is 12.4 Å². The highest BCUT2D eigenvalue weighted by Gasteiger charge is 2.16. The smallest absolute Gasteiger partial charge is 0.311 e. The molecular formula is C13H13ClN4O3. The number of anilines is 1. The Kier molecular flexibility index (Phi) is 4.54. The summed E-state index contributed by atoms with van der Waals surface area (Å²) in [5.41, 5.74) is 0.620. The fourth-order valence-corrected chi connectivity index (χ4v) is 1.88. The molecule has 0 aliphatic rings. The summed E-state index contributed by atoms with van der Waals surface area (Å²) in [6, 6.07) is 5.92. The van der Waals surface area contributed by atoms with Crippen molar-refractivity contribution in [2.24, 2.45) is 0 Å². The molecule has 0 saturated carbocycles. The zero-order valence-electron chi connectivity index (χ0n) is 11.5. The number of aromatic nitrogens is 2. The molecule has 0 amide bonds. The van der Waals surface area contributed by atoms with Crippen LogP contribution in [0.5, 0.6) is 5.75 Å². The van der Waals surface area contributed by atoms with Crippen molar-refractivity contribution in [3.63, 3.8) is 0 Å². The predicted octanol–water partition coefficient (Wildman–Crippen LogP) is 2.97. The molecule has 0 fully saturated rings. The van der Waals surface area contributed by atoms with Gasteiger partial charge in [-0.15, -0.1) is 0 Å². The third-order valence-corrected chi connectivity index (χ3v) is 2.87. The lowest BCUT2D eigenvalue weighted by atomic mass is 10.3. The van der Waals surface area contributed by atoms with E-state index in [1.54, 1.807) is 13.1 Å². The number of nitrogens with one attached hydrogen (secondary N) is 1. The van der Waals surface area contributed by atoms with Crippen LogP contribution in [0, 0.1) is 17.0 Å². The van der Waals surface area contributed by atoms with E-state index in [0.717, 1.165) is 5.69 Å². The Balaban J connectivity index is 2.22. The van der Waals surface area contributed by atoms with Crippen LogP contribution >= 0.6 is 11.6 Å². The molecule has 2 rings (SSSR count). The monoisotopic (exact) mass is 308 g/mol. The second kappa shape index (κ2) is 6.36. The average Bonchev–Trinajstić information content (AvgIpc) is 2.44. The van der Waals surface area contributed by atoms with Crippen molar-refractivity contribution >= 4 is 23.1 Å². The number of benzene rings is 1. The summed E-state index contributed by atoms with van der Waals surface area (Å²) in [6.45, 7) is 1.84. The maximum Gasteiger partial charge on any atom is 0.311 e.